The molecule has 3 nitrogen and oxygen atoms in total. The van der Waals surface area contributed by atoms with Crippen molar-refractivity contribution in [3.63, 3.8) is 0 Å². The lowest BCUT2D eigenvalue weighted by Crippen LogP contribution is -2.13. The monoisotopic (exact) mass is 242 g/mol. The van der Waals surface area contributed by atoms with Gasteiger partial charge in [0.25, 0.3) is 6.43 Å². The van der Waals surface area contributed by atoms with Crippen LogP contribution in [0.25, 0.3) is 0 Å². The molecule has 16 heavy (non-hydrogen) atoms. The summed E-state index contributed by atoms with van der Waals surface area (Å²) in [5, 5.41) is 0. The third kappa shape index (κ3) is 2.15. The van der Waals surface area contributed by atoms with Gasteiger partial charge in [-0.05, 0) is 0 Å². The Labute approximate surface area is 87.0 Å². The Kier molecular flexibility index (Phi) is 3.20. The molecule has 0 aliphatic heterocycles. The van der Waals surface area contributed by atoms with Gasteiger partial charge in [-0.15, -0.1) is 0 Å². The van der Waals surface area contributed by atoms with E-state index in [0.717, 1.165) is 7.11 Å². The van der Waals surface area contributed by atoms with Crippen molar-refractivity contribution in [1.29, 1.82) is 0 Å². The molecule has 1 aromatic rings. The van der Waals surface area contributed by atoms with Crippen molar-refractivity contribution in [1.82, 2.24) is 4.98 Å². The molecule has 90 valence electrons. The van der Waals surface area contributed by atoms with Crippen LogP contribution in [0.1, 0.15) is 17.6 Å². The van der Waals surface area contributed by atoms with Crippen LogP contribution in [0.5, 0.6) is 5.75 Å². The highest BCUT2D eigenvalue weighted by Gasteiger charge is 2.38. The van der Waals surface area contributed by atoms with E-state index in [1.54, 1.807) is 0 Å². The molecular weight excluding hydrogens is 235 g/mol. The summed E-state index contributed by atoms with van der Waals surface area (Å²) in [6, 6.07) is 0. The number of anilines is 1. The third-order valence-electron chi connectivity index (χ3n) is 1.83. The Hall–Kier alpha value is -1.60. The highest BCUT2D eigenvalue weighted by atomic mass is 19.4. The zero-order chi connectivity index (χ0) is 12.5. The van der Waals surface area contributed by atoms with Gasteiger partial charge in [-0.25, -0.2) is 13.8 Å². The molecule has 8 heteroatoms. The van der Waals surface area contributed by atoms with E-state index in [-0.39, 0.29) is 6.20 Å². The van der Waals surface area contributed by atoms with Gasteiger partial charge in [0.15, 0.2) is 11.6 Å². The fourth-order valence-corrected chi connectivity index (χ4v) is 1.18. The Morgan fingerprint density at radius 3 is 2.31 bits per heavy atom. The first kappa shape index (κ1) is 12.5. The lowest BCUT2D eigenvalue weighted by Gasteiger charge is -2.16. The second-order valence-electron chi connectivity index (χ2n) is 2.80. The predicted molar refractivity (Wildman–Crippen MR) is 45.2 cm³/mol. The van der Waals surface area contributed by atoms with E-state index in [2.05, 4.69) is 9.72 Å². The summed E-state index contributed by atoms with van der Waals surface area (Å²) < 4.78 is 66.6. The highest BCUT2D eigenvalue weighted by molar-refractivity contribution is 5.55. The molecule has 0 atom stereocenters. The fraction of sp³-hybridized carbons (Fsp3) is 0.375. The maximum absolute atomic E-state index is 12.5. The number of nitrogens with two attached hydrogens (primary N) is 1. The summed E-state index contributed by atoms with van der Waals surface area (Å²) in [5.74, 6) is -1.25. The van der Waals surface area contributed by atoms with E-state index in [0.29, 0.717) is 0 Å². The van der Waals surface area contributed by atoms with Gasteiger partial charge in [-0.1, -0.05) is 0 Å². The molecule has 0 aliphatic rings. The standard InChI is InChI=1S/C8H7F5N2O/c1-16-5-4(6(9)10)3(8(11,12)13)2-15-7(5)14/h2,6H,1H3,(H2,14,15). The predicted octanol–water partition coefficient (Wildman–Crippen LogP) is 2.63. The minimum Gasteiger partial charge on any atom is -0.492 e. The molecule has 0 spiro atoms. The summed E-state index contributed by atoms with van der Waals surface area (Å²) in [6.45, 7) is 0. The fourth-order valence-electron chi connectivity index (χ4n) is 1.18. The number of aromatic nitrogens is 1. The van der Waals surface area contributed by atoms with E-state index >= 15 is 0 Å². The normalized spacial score (nSPS) is 11.9. The van der Waals surface area contributed by atoms with Crippen molar-refractivity contribution in [2.45, 2.75) is 12.6 Å². The molecule has 0 saturated heterocycles. The highest BCUT2D eigenvalue weighted by Crippen LogP contribution is 2.42. The largest absolute Gasteiger partial charge is 0.492 e. The van der Waals surface area contributed by atoms with Crippen LogP contribution in [0.2, 0.25) is 0 Å². The van der Waals surface area contributed by atoms with Crippen LogP contribution < -0.4 is 10.5 Å². The number of hydrogen-bond donors (Lipinski definition) is 1. The van der Waals surface area contributed by atoms with Crippen LogP contribution in [0, 0.1) is 0 Å². The Morgan fingerprint density at radius 2 is 1.94 bits per heavy atom. The lowest BCUT2D eigenvalue weighted by molar-refractivity contribution is -0.139. The average molecular weight is 242 g/mol. The molecule has 0 amide bonds. The van der Waals surface area contributed by atoms with Crippen LogP contribution >= 0.6 is 0 Å². The molecule has 0 radical (unpaired) electrons. The minimum atomic E-state index is -4.93. The first-order valence-corrected chi connectivity index (χ1v) is 3.96. The maximum Gasteiger partial charge on any atom is 0.418 e. The van der Waals surface area contributed by atoms with Crippen molar-refractivity contribution in [3.8, 4) is 5.75 Å². The van der Waals surface area contributed by atoms with Gasteiger partial charge in [0, 0.05) is 6.20 Å². The van der Waals surface area contributed by atoms with Crippen LogP contribution in [0.15, 0.2) is 6.20 Å². The molecule has 2 N–H and O–H groups in total. The van der Waals surface area contributed by atoms with Gasteiger partial charge in [-0.2, -0.15) is 13.2 Å². The molecule has 1 rings (SSSR count). The Morgan fingerprint density at radius 1 is 1.38 bits per heavy atom. The quantitative estimate of drug-likeness (QED) is 0.811. The lowest BCUT2D eigenvalue weighted by atomic mass is 10.1. The summed E-state index contributed by atoms with van der Waals surface area (Å²) >= 11 is 0. The molecule has 1 aromatic heterocycles. The second-order valence-corrected chi connectivity index (χ2v) is 2.80. The number of pyridine rings is 1. The SMILES string of the molecule is COc1c(N)ncc(C(F)(F)F)c1C(F)F. The van der Waals surface area contributed by atoms with Crippen molar-refractivity contribution in [3.05, 3.63) is 17.3 Å². The Balaban J connectivity index is 3.52. The van der Waals surface area contributed by atoms with Crippen molar-refractivity contribution >= 4 is 5.82 Å². The van der Waals surface area contributed by atoms with Crippen molar-refractivity contribution < 1.29 is 26.7 Å². The molecule has 0 saturated carbocycles. The first-order valence-electron chi connectivity index (χ1n) is 3.96. The maximum atomic E-state index is 12.5. The van der Waals surface area contributed by atoms with E-state index in [1.165, 1.54) is 0 Å². The number of ether oxygens (including phenoxy) is 1. The van der Waals surface area contributed by atoms with Crippen LogP contribution in [0.4, 0.5) is 27.8 Å². The number of methoxy groups -OCH3 is 1. The molecule has 0 aliphatic carbocycles. The van der Waals surface area contributed by atoms with Crippen LogP contribution in [-0.2, 0) is 6.18 Å². The molecule has 0 fully saturated rings. The van der Waals surface area contributed by atoms with Gasteiger partial charge in [0.2, 0.25) is 0 Å². The summed E-state index contributed by atoms with van der Waals surface area (Å²) in [7, 11) is 0.944. The van der Waals surface area contributed by atoms with Gasteiger partial charge >= 0.3 is 6.18 Å². The van der Waals surface area contributed by atoms with Gasteiger partial charge in [0.05, 0.1) is 18.2 Å². The molecule has 0 bridgehead atoms. The zero-order valence-electron chi connectivity index (χ0n) is 7.98. The Bertz CT molecular complexity index is 391. The second kappa shape index (κ2) is 4.11. The van der Waals surface area contributed by atoms with E-state index < -0.39 is 35.3 Å². The van der Waals surface area contributed by atoms with Crippen LogP contribution in [-0.4, -0.2) is 12.1 Å². The number of hydrogen-bond acceptors (Lipinski definition) is 3. The topological polar surface area (TPSA) is 48.1 Å². The van der Waals surface area contributed by atoms with Crippen molar-refractivity contribution in [2.24, 2.45) is 0 Å². The molecule has 0 aromatic carbocycles. The van der Waals surface area contributed by atoms with E-state index in [1.807, 2.05) is 0 Å². The number of nitrogen functional groups attached to an aromatic ring is 1. The summed E-state index contributed by atoms with van der Waals surface area (Å²) in [4.78, 5) is 3.16. The zero-order valence-corrected chi connectivity index (χ0v) is 7.98. The number of nitrogens with zero attached hydrogens (tertiary/aromatic N) is 1. The smallest absolute Gasteiger partial charge is 0.418 e. The van der Waals surface area contributed by atoms with E-state index in [9.17, 15) is 22.0 Å². The number of rotatable bonds is 2. The van der Waals surface area contributed by atoms with Crippen LogP contribution in [0.3, 0.4) is 0 Å². The number of alkyl halides is 5. The average Bonchev–Trinajstić information content (AvgIpc) is 2.14. The third-order valence-corrected chi connectivity index (χ3v) is 1.83. The first-order chi connectivity index (χ1) is 7.29. The number of halogens is 5. The van der Waals surface area contributed by atoms with Gasteiger partial charge in [0.1, 0.15) is 0 Å². The summed E-state index contributed by atoms with van der Waals surface area (Å²) in [5.41, 5.74) is 2.31. The van der Waals surface area contributed by atoms with E-state index in [4.69, 9.17) is 5.73 Å². The summed E-state index contributed by atoms with van der Waals surface area (Å²) in [6.07, 6.45) is -8.02. The molecule has 1 heterocycles. The molecule has 0 unspecified atom stereocenters. The van der Waals surface area contributed by atoms with Gasteiger partial charge < -0.3 is 10.5 Å². The van der Waals surface area contributed by atoms with Crippen molar-refractivity contribution in [2.75, 3.05) is 12.8 Å². The molecular formula is C8H7F5N2O. The minimum absolute atomic E-state index is 0.263. The van der Waals surface area contributed by atoms with Gasteiger partial charge in [-0.3, -0.25) is 0 Å².